The molecule has 1 aliphatic heterocycles. The first-order valence-corrected chi connectivity index (χ1v) is 6.71. The number of likely N-dealkylation sites (tertiary alicyclic amines) is 1. The predicted molar refractivity (Wildman–Crippen MR) is 73.8 cm³/mol. The van der Waals surface area contributed by atoms with Crippen LogP contribution in [0, 0.1) is 11.7 Å². The Hall–Kier alpha value is -2.15. The number of rotatable bonds is 4. The number of benzene rings is 1. The third-order valence-electron chi connectivity index (χ3n) is 3.57. The molecule has 1 atom stereocenters. The number of urea groups is 1. The number of carboxylic acids is 1. The van der Waals surface area contributed by atoms with Gasteiger partial charge in [-0.3, -0.25) is 0 Å². The highest BCUT2D eigenvalue weighted by atomic mass is 19.1. The van der Waals surface area contributed by atoms with Gasteiger partial charge in [0.25, 0.3) is 0 Å². The van der Waals surface area contributed by atoms with Gasteiger partial charge in [0.2, 0.25) is 0 Å². The van der Waals surface area contributed by atoms with Gasteiger partial charge < -0.3 is 20.4 Å². The maximum absolute atomic E-state index is 13.6. The molecule has 1 unspecified atom stereocenters. The first-order chi connectivity index (χ1) is 10.0. The maximum atomic E-state index is 13.6. The second kappa shape index (κ2) is 6.53. The molecule has 21 heavy (non-hydrogen) atoms. The summed E-state index contributed by atoms with van der Waals surface area (Å²) in [6.45, 7) is 1.12. The minimum atomic E-state index is -1.19. The number of nitrogens with zero attached hydrogens (tertiary/aromatic N) is 1. The molecule has 1 saturated heterocycles. The highest BCUT2D eigenvalue weighted by molar-refractivity contribution is 5.93. The zero-order valence-corrected chi connectivity index (χ0v) is 11.4. The summed E-state index contributed by atoms with van der Waals surface area (Å²) in [7, 11) is 0. The van der Waals surface area contributed by atoms with Crippen LogP contribution in [0.4, 0.5) is 14.9 Å². The van der Waals surface area contributed by atoms with E-state index in [0.717, 1.165) is 24.6 Å². The van der Waals surface area contributed by atoms with E-state index in [-0.39, 0.29) is 23.8 Å². The van der Waals surface area contributed by atoms with Gasteiger partial charge in [-0.1, -0.05) is 0 Å². The minimum absolute atomic E-state index is 0.0788. The Bertz CT molecular complexity index is 550. The lowest BCUT2D eigenvalue weighted by atomic mass is 10.1. The van der Waals surface area contributed by atoms with Crippen molar-refractivity contribution in [2.45, 2.75) is 12.8 Å². The standard InChI is InChI=1S/C14H17FN2O4/c15-11-2-1-10(13(19)20)7-12(11)16-14(21)17-5-3-9(8-17)4-6-18/h1-2,7,9,18H,3-6,8H2,(H,16,21)(H,19,20). The first kappa shape index (κ1) is 15.2. The number of carboxylic acid groups (broad SMARTS) is 1. The van der Waals surface area contributed by atoms with Crippen LogP contribution in [0.3, 0.4) is 0 Å². The molecule has 0 bridgehead atoms. The van der Waals surface area contributed by atoms with E-state index in [2.05, 4.69) is 5.32 Å². The van der Waals surface area contributed by atoms with Gasteiger partial charge in [-0.05, 0) is 37.0 Å². The van der Waals surface area contributed by atoms with Gasteiger partial charge in [0.15, 0.2) is 0 Å². The molecule has 114 valence electrons. The van der Waals surface area contributed by atoms with Gasteiger partial charge in [-0.2, -0.15) is 0 Å². The fourth-order valence-corrected chi connectivity index (χ4v) is 2.38. The van der Waals surface area contributed by atoms with E-state index in [9.17, 15) is 14.0 Å². The van der Waals surface area contributed by atoms with E-state index in [0.29, 0.717) is 19.5 Å². The molecule has 1 aromatic rings. The van der Waals surface area contributed by atoms with Crippen LogP contribution < -0.4 is 5.32 Å². The molecular formula is C14H17FN2O4. The number of nitrogens with one attached hydrogen (secondary N) is 1. The zero-order valence-electron chi connectivity index (χ0n) is 11.4. The summed E-state index contributed by atoms with van der Waals surface area (Å²) >= 11 is 0. The number of hydrogen-bond donors (Lipinski definition) is 3. The van der Waals surface area contributed by atoms with Crippen molar-refractivity contribution >= 4 is 17.7 Å². The Morgan fingerprint density at radius 1 is 1.43 bits per heavy atom. The molecule has 3 N–H and O–H groups in total. The van der Waals surface area contributed by atoms with E-state index in [1.54, 1.807) is 0 Å². The second-order valence-corrected chi connectivity index (χ2v) is 5.04. The van der Waals surface area contributed by atoms with Gasteiger partial charge in [0.05, 0.1) is 11.3 Å². The van der Waals surface area contributed by atoms with Crippen LogP contribution in [0.1, 0.15) is 23.2 Å². The Balaban J connectivity index is 2.03. The summed E-state index contributed by atoms with van der Waals surface area (Å²) in [5.41, 5.74) is -0.239. The van der Waals surface area contributed by atoms with Crippen LogP contribution >= 0.6 is 0 Å². The average molecular weight is 296 g/mol. The summed E-state index contributed by atoms with van der Waals surface area (Å²) in [5, 5.41) is 20.1. The van der Waals surface area contributed by atoms with Gasteiger partial charge >= 0.3 is 12.0 Å². The molecule has 1 fully saturated rings. The minimum Gasteiger partial charge on any atom is -0.478 e. The molecule has 6 nitrogen and oxygen atoms in total. The zero-order chi connectivity index (χ0) is 15.4. The third kappa shape index (κ3) is 3.69. The number of amides is 2. The van der Waals surface area contributed by atoms with Crippen molar-refractivity contribution < 1.29 is 24.2 Å². The number of carbonyl (C=O) groups excluding carboxylic acids is 1. The normalized spacial score (nSPS) is 17.8. The first-order valence-electron chi connectivity index (χ1n) is 6.71. The van der Waals surface area contributed by atoms with Crippen molar-refractivity contribution in [3.63, 3.8) is 0 Å². The van der Waals surface area contributed by atoms with Crippen molar-refractivity contribution in [1.29, 1.82) is 0 Å². The van der Waals surface area contributed by atoms with Crippen molar-refractivity contribution in [2.24, 2.45) is 5.92 Å². The lowest BCUT2D eigenvalue weighted by Gasteiger charge is -2.17. The molecule has 0 radical (unpaired) electrons. The summed E-state index contributed by atoms with van der Waals surface area (Å²) in [5.74, 6) is -1.62. The molecule has 7 heteroatoms. The Morgan fingerprint density at radius 3 is 2.86 bits per heavy atom. The van der Waals surface area contributed by atoms with Crippen LogP contribution in [0.2, 0.25) is 0 Å². The lowest BCUT2D eigenvalue weighted by Crippen LogP contribution is -2.33. The number of hydrogen-bond acceptors (Lipinski definition) is 3. The molecule has 0 aliphatic carbocycles. The average Bonchev–Trinajstić information content (AvgIpc) is 2.90. The van der Waals surface area contributed by atoms with Crippen molar-refractivity contribution in [3.8, 4) is 0 Å². The highest BCUT2D eigenvalue weighted by Crippen LogP contribution is 2.21. The fraction of sp³-hybridized carbons (Fsp3) is 0.429. The van der Waals surface area contributed by atoms with E-state index in [1.165, 1.54) is 4.90 Å². The number of anilines is 1. The SMILES string of the molecule is O=C(O)c1ccc(F)c(NC(=O)N2CCC(CCO)C2)c1. The molecule has 1 heterocycles. The Kier molecular flexibility index (Phi) is 4.74. The van der Waals surface area contributed by atoms with Gasteiger partial charge in [-0.15, -0.1) is 0 Å². The van der Waals surface area contributed by atoms with E-state index in [1.807, 2.05) is 0 Å². The summed E-state index contributed by atoms with van der Waals surface area (Å²) in [6, 6.07) is 2.78. The quantitative estimate of drug-likeness (QED) is 0.789. The van der Waals surface area contributed by atoms with Gasteiger partial charge in [-0.25, -0.2) is 14.0 Å². The van der Waals surface area contributed by atoms with E-state index in [4.69, 9.17) is 10.2 Å². The monoisotopic (exact) mass is 296 g/mol. The second-order valence-electron chi connectivity index (χ2n) is 5.04. The molecule has 1 aromatic carbocycles. The molecular weight excluding hydrogens is 279 g/mol. The number of aliphatic hydroxyl groups is 1. The van der Waals surface area contributed by atoms with Crippen molar-refractivity contribution in [2.75, 3.05) is 25.0 Å². The van der Waals surface area contributed by atoms with Crippen LogP contribution in [0.5, 0.6) is 0 Å². The van der Waals surface area contributed by atoms with Crippen LogP contribution in [-0.2, 0) is 0 Å². The number of carbonyl (C=O) groups is 2. The lowest BCUT2D eigenvalue weighted by molar-refractivity contribution is 0.0697. The fourth-order valence-electron chi connectivity index (χ4n) is 2.38. The molecule has 1 aliphatic rings. The van der Waals surface area contributed by atoms with Gasteiger partial charge in [0.1, 0.15) is 5.82 Å². The maximum Gasteiger partial charge on any atom is 0.335 e. The van der Waals surface area contributed by atoms with E-state index < -0.39 is 17.8 Å². The van der Waals surface area contributed by atoms with Gasteiger partial charge in [0, 0.05) is 19.7 Å². The Morgan fingerprint density at radius 2 is 2.19 bits per heavy atom. The van der Waals surface area contributed by atoms with E-state index >= 15 is 0 Å². The third-order valence-corrected chi connectivity index (χ3v) is 3.57. The summed E-state index contributed by atoms with van der Waals surface area (Å²) in [6.07, 6.45) is 1.43. The van der Waals surface area contributed by atoms with Crippen LogP contribution in [-0.4, -0.2) is 46.8 Å². The molecule has 2 amide bonds. The van der Waals surface area contributed by atoms with Crippen molar-refractivity contribution in [1.82, 2.24) is 4.90 Å². The molecule has 0 aromatic heterocycles. The van der Waals surface area contributed by atoms with Crippen LogP contribution in [0.15, 0.2) is 18.2 Å². The highest BCUT2D eigenvalue weighted by Gasteiger charge is 2.26. The van der Waals surface area contributed by atoms with Crippen LogP contribution in [0.25, 0.3) is 0 Å². The molecule has 2 rings (SSSR count). The topological polar surface area (TPSA) is 89.9 Å². The molecule has 0 saturated carbocycles. The van der Waals surface area contributed by atoms with Crippen molar-refractivity contribution in [3.05, 3.63) is 29.6 Å². The smallest absolute Gasteiger partial charge is 0.335 e. The number of halogens is 1. The molecule has 0 spiro atoms. The Labute approximate surface area is 121 Å². The summed E-state index contributed by atoms with van der Waals surface area (Å²) < 4.78 is 13.6. The largest absolute Gasteiger partial charge is 0.478 e. The predicted octanol–water partition coefficient (Wildman–Crippen LogP) is 1.76. The number of aliphatic hydroxyl groups excluding tert-OH is 1. The summed E-state index contributed by atoms with van der Waals surface area (Å²) in [4.78, 5) is 24.4. The number of aromatic carboxylic acids is 1.